The minimum absolute atomic E-state index is 0.147. The number of carbonyl (C=O) groups excluding carboxylic acids is 1. The zero-order chi connectivity index (χ0) is 26.3. The van der Waals surface area contributed by atoms with E-state index in [0.717, 1.165) is 12.1 Å². The van der Waals surface area contributed by atoms with Crippen LogP contribution in [0.3, 0.4) is 0 Å². The quantitative estimate of drug-likeness (QED) is 0.350. The molecule has 188 valence electrons. The number of alkyl halides is 3. The second-order valence-corrected chi connectivity index (χ2v) is 9.31. The predicted molar refractivity (Wildman–Crippen MR) is 139 cm³/mol. The van der Waals surface area contributed by atoms with Gasteiger partial charge in [-0.3, -0.25) is 4.79 Å². The third-order valence-electron chi connectivity index (χ3n) is 6.05. The van der Waals surface area contributed by atoms with E-state index >= 15 is 0 Å². The molecule has 0 heterocycles. The summed E-state index contributed by atoms with van der Waals surface area (Å²) in [7, 11) is 0. The summed E-state index contributed by atoms with van der Waals surface area (Å²) >= 11 is 0. The van der Waals surface area contributed by atoms with Crippen LogP contribution in [0.5, 0.6) is 0 Å². The number of hydrogen-bond donors (Lipinski definition) is 2. The molecule has 1 amide bonds. The highest BCUT2D eigenvalue weighted by Crippen LogP contribution is 2.31. The highest BCUT2D eigenvalue weighted by molar-refractivity contribution is 5.86. The maximum Gasteiger partial charge on any atom is 0.416 e. The molecule has 3 rings (SSSR count). The van der Waals surface area contributed by atoms with Gasteiger partial charge in [0.25, 0.3) is 0 Å². The van der Waals surface area contributed by atoms with Gasteiger partial charge in [0.05, 0.1) is 11.6 Å². The van der Waals surface area contributed by atoms with Gasteiger partial charge in [0.1, 0.15) is 5.41 Å². The molecule has 6 heteroatoms. The first-order valence-corrected chi connectivity index (χ1v) is 11.9. The summed E-state index contributed by atoms with van der Waals surface area (Å²) in [5.41, 5.74) is -0.147. The average Bonchev–Trinajstić information content (AvgIpc) is 2.85. The SMILES string of the molecule is C[C@H](NC(=O)C(C)(C)C#CC=CCN[C@H](C)c1cccc2ccccc12)c1cccc(C(F)(F)F)c1. The van der Waals surface area contributed by atoms with Crippen molar-refractivity contribution in [1.29, 1.82) is 0 Å². The van der Waals surface area contributed by atoms with Crippen LogP contribution in [0.15, 0.2) is 78.9 Å². The van der Waals surface area contributed by atoms with Crippen LogP contribution in [0, 0.1) is 17.3 Å². The Morgan fingerprint density at radius 1 is 0.972 bits per heavy atom. The van der Waals surface area contributed by atoms with Crippen LogP contribution in [0.4, 0.5) is 13.2 Å². The van der Waals surface area contributed by atoms with Crippen molar-refractivity contribution < 1.29 is 18.0 Å². The third kappa shape index (κ3) is 6.99. The summed E-state index contributed by atoms with van der Waals surface area (Å²) in [6.45, 7) is 7.74. The molecule has 0 spiro atoms. The Morgan fingerprint density at radius 3 is 2.42 bits per heavy atom. The van der Waals surface area contributed by atoms with Crippen molar-refractivity contribution in [3.8, 4) is 11.8 Å². The van der Waals surface area contributed by atoms with Gasteiger partial charge >= 0.3 is 6.18 Å². The predicted octanol–water partition coefficient (Wildman–Crippen LogP) is 6.97. The highest BCUT2D eigenvalue weighted by Gasteiger charge is 2.31. The number of rotatable bonds is 7. The van der Waals surface area contributed by atoms with Crippen LogP contribution < -0.4 is 10.6 Å². The molecule has 0 aliphatic carbocycles. The largest absolute Gasteiger partial charge is 0.416 e. The minimum atomic E-state index is -4.43. The molecule has 2 atom stereocenters. The molecule has 0 unspecified atom stereocenters. The maximum absolute atomic E-state index is 13.0. The lowest BCUT2D eigenvalue weighted by molar-refractivity contribution is -0.137. The Bertz CT molecular complexity index is 1290. The third-order valence-corrected chi connectivity index (χ3v) is 6.05. The molecular weight excluding hydrogens is 461 g/mol. The van der Waals surface area contributed by atoms with Gasteiger partial charge in [-0.1, -0.05) is 72.5 Å². The van der Waals surface area contributed by atoms with Crippen LogP contribution in [0.2, 0.25) is 0 Å². The van der Waals surface area contributed by atoms with Gasteiger partial charge in [-0.25, -0.2) is 0 Å². The summed E-state index contributed by atoms with van der Waals surface area (Å²) in [6.07, 6.45) is -0.833. The maximum atomic E-state index is 13.0. The normalized spacial score (nSPS) is 13.8. The van der Waals surface area contributed by atoms with E-state index in [4.69, 9.17) is 0 Å². The molecule has 0 aromatic heterocycles. The van der Waals surface area contributed by atoms with Crippen LogP contribution in [0.25, 0.3) is 10.8 Å². The fraction of sp³-hybridized carbons (Fsp3) is 0.300. The first kappa shape index (κ1) is 27.0. The lowest BCUT2D eigenvalue weighted by Gasteiger charge is -2.22. The van der Waals surface area contributed by atoms with Crippen molar-refractivity contribution in [1.82, 2.24) is 10.6 Å². The van der Waals surface area contributed by atoms with Gasteiger partial charge in [-0.05, 0) is 67.8 Å². The van der Waals surface area contributed by atoms with E-state index < -0.39 is 23.2 Å². The van der Waals surface area contributed by atoms with Crippen molar-refractivity contribution in [3.63, 3.8) is 0 Å². The lowest BCUT2D eigenvalue weighted by Crippen LogP contribution is -2.37. The Balaban J connectivity index is 1.54. The molecule has 36 heavy (non-hydrogen) atoms. The van der Waals surface area contributed by atoms with Crippen LogP contribution in [0.1, 0.15) is 56.5 Å². The van der Waals surface area contributed by atoms with Gasteiger partial charge in [0.15, 0.2) is 0 Å². The molecule has 0 aliphatic rings. The Labute approximate surface area is 210 Å². The molecule has 3 aromatic carbocycles. The van der Waals surface area contributed by atoms with E-state index in [1.54, 1.807) is 32.9 Å². The monoisotopic (exact) mass is 492 g/mol. The number of carbonyl (C=O) groups is 1. The first-order valence-electron chi connectivity index (χ1n) is 11.9. The van der Waals surface area contributed by atoms with E-state index in [1.165, 1.54) is 22.4 Å². The van der Waals surface area contributed by atoms with Crippen LogP contribution in [-0.4, -0.2) is 12.5 Å². The molecule has 0 saturated carbocycles. The highest BCUT2D eigenvalue weighted by atomic mass is 19.4. The molecule has 0 aliphatic heterocycles. The molecule has 3 aromatic rings. The molecule has 0 saturated heterocycles. The van der Waals surface area contributed by atoms with Crippen molar-refractivity contribution in [2.75, 3.05) is 6.54 Å². The van der Waals surface area contributed by atoms with Gasteiger partial charge in [-0.15, -0.1) is 0 Å². The molecule has 0 fully saturated rings. The molecule has 0 radical (unpaired) electrons. The molecular formula is C30H31F3N2O. The van der Waals surface area contributed by atoms with Gasteiger partial charge in [0.2, 0.25) is 5.91 Å². The Hall–Kier alpha value is -3.56. The van der Waals surface area contributed by atoms with E-state index in [2.05, 4.69) is 59.7 Å². The van der Waals surface area contributed by atoms with Gasteiger partial charge < -0.3 is 10.6 Å². The summed E-state index contributed by atoms with van der Waals surface area (Å²) in [6, 6.07) is 19.1. The van der Waals surface area contributed by atoms with Crippen molar-refractivity contribution in [2.45, 2.75) is 46.0 Å². The second-order valence-electron chi connectivity index (χ2n) is 9.31. The van der Waals surface area contributed by atoms with E-state index in [0.29, 0.717) is 12.1 Å². The molecule has 0 bridgehead atoms. The zero-order valence-electron chi connectivity index (χ0n) is 20.9. The second kappa shape index (κ2) is 11.5. The van der Waals surface area contributed by atoms with E-state index in [9.17, 15) is 18.0 Å². The summed E-state index contributed by atoms with van der Waals surface area (Å²) in [5, 5.41) is 8.65. The van der Waals surface area contributed by atoms with Crippen LogP contribution >= 0.6 is 0 Å². The minimum Gasteiger partial charge on any atom is -0.348 e. The summed E-state index contributed by atoms with van der Waals surface area (Å²) in [4.78, 5) is 12.7. The van der Waals surface area contributed by atoms with Crippen molar-refractivity contribution >= 4 is 16.7 Å². The summed E-state index contributed by atoms with van der Waals surface area (Å²) < 4.78 is 39.0. The Morgan fingerprint density at radius 2 is 1.67 bits per heavy atom. The average molecular weight is 493 g/mol. The number of benzene rings is 3. The number of nitrogens with one attached hydrogen (secondary N) is 2. The lowest BCUT2D eigenvalue weighted by atomic mass is 9.92. The number of fused-ring (bicyclic) bond motifs is 1. The Kier molecular flexibility index (Phi) is 8.60. The van der Waals surface area contributed by atoms with E-state index in [1.807, 2.05) is 18.2 Å². The fourth-order valence-corrected chi connectivity index (χ4v) is 3.82. The first-order chi connectivity index (χ1) is 17.0. The molecule has 3 nitrogen and oxygen atoms in total. The number of hydrogen-bond acceptors (Lipinski definition) is 2. The number of halogens is 3. The van der Waals surface area contributed by atoms with E-state index in [-0.39, 0.29) is 11.9 Å². The smallest absolute Gasteiger partial charge is 0.348 e. The summed E-state index contributed by atoms with van der Waals surface area (Å²) in [5.74, 6) is 5.50. The van der Waals surface area contributed by atoms with Crippen molar-refractivity contribution in [2.24, 2.45) is 5.41 Å². The fourth-order valence-electron chi connectivity index (χ4n) is 3.82. The van der Waals surface area contributed by atoms with Crippen LogP contribution in [-0.2, 0) is 11.0 Å². The van der Waals surface area contributed by atoms with Crippen molar-refractivity contribution in [3.05, 3.63) is 95.6 Å². The topological polar surface area (TPSA) is 41.1 Å². The molecule has 2 N–H and O–H groups in total. The number of allylic oxidation sites excluding steroid dienone is 1. The zero-order valence-corrected chi connectivity index (χ0v) is 20.9. The van der Waals surface area contributed by atoms with Gasteiger partial charge in [-0.2, -0.15) is 13.2 Å². The standard InChI is InChI=1S/C30H31F3N2O/c1-21(24-14-10-15-25(20-24)30(31,32)33)35-28(36)29(3,4)18-8-5-9-19-34-22(2)26-17-11-13-23-12-6-7-16-27(23)26/h5-7,9-17,20-22,34H,19H2,1-4H3,(H,35,36)/t21-,22+/m0/s1. The number of amides is 1. The van der Waals surface area contributed by atoms with Gasteiger partial charge in [0, 0.05) is 12.6 Å².